The van der Waals surface area contributed by atoms with Gasteiger partial charge < -0.3 is 20.4 Å². The van der Waals surface area contributed by atoms with Crippen LogP contribution in [0.5, 0.6) is 0 Å². The lowest BCUT2D eigenvalue weighted by atomic mass is 9.35. The zero-order valence-corrected chi connectivity index (χ0v) is 22.7. The lowest BCUT2D eigenvalue weighted by Crippen LogP contribution is -2.65. The van der Waals surface area contributed by atoms with Gasteiger partial charge in [-0.3, -0.25) is 0 Å². The summed E-state index contributed by atoms with van der Waals surface area (Å²) in [7, 11) is 0. The molecule has 4 nitrogen and oxygen atoms in total. The van der Waals surface area contributed by atoms with Crippen LogP contribution in [0.1, 0.15) is 106 Å². The summed E-state index contributed by atoms with van der Waals surface area (Å²) in [5.41, 5.74) is 0.145. The maximum atomic E-state index is 11.6. The fourth-order valence-corrected chi connectivity index (χ4v) is 10.4. The van der Waals surface area contributed by atoms with E-state index in [4.69, 9.17) is 0 Å². The second-order valence-electron chi connectivity index (χ2n) is 14.3. The molecule has 0 amide bonds. The van der Waals surface area contributed by atoms with Gasteiger partial charge in [0.1, 0.15) is 0 Å². The molecule has 4 rings (SSSR count). The Morgan fingerprint density at radius 3 is 2.24 bits per heavy atom. The summed E-state index contributed by atoms with van der Waals surface area (Å²) >= 11 is 0. The molecule has 0 radical (unpaired) electrons. The summed E-state index contributed by atoms with van der Waals surface area (Å²) in [6.07, 6.45) is 8.87. The molecule has 0 spiro atoms. The Kier molecular flexibility index (Phi) is 6.71. The summed E-state index contributed by atoms with van der Waals surface area (Å²) in [5.74, 6) is 1.72. The average Bonchev–Trinajstić information content (AvgIpc) is 3.14. The predicted molar refractivity (Wildman–Crippen MR) is 137 cm³/mol. The van der Waals surface area contributed by atoms with E-state index in [2.05, 4.69) is 34.3 Å². The van der Waals surface area contributed by atoms with Gasteiger partial charge in [0, 0.05) is 5.41 Å². The van der Waals surface area contributed by atoms with Crippen molar-refractivity contribution in [2.45, 2.75) is 124 Å². The zero-order valence-electron chi connectivity index (χ0n) is 22.7. The molecule has 4 saturated carbocycles. The first-order valence-electron chi connectivity index (χ1n) is 14.0. The van der Waals surface area contributed by atoms with Crippen molar-refractivity contribution in [2.24, 2.45) is 45.3 Å². The topological polar surface area (TPSA) is 80.9 Å². The molecule has 4 aliphatic carbocycles. The maximum Gasteiger partial charge on any atom is 0.0745 e. The van der Waals surface area contributed by atoms with Crippen LogP contribution >= 0.6 is 0 Å². The first kappa shape index (κ1) is 26.6. The van der Waals surface area contributed by atoms with Crippen molar-refractivity contribution < 1.29 is 20.4 Å². The molecular formula is C30H52O4. The van der Waals surface area contributed by atoms with E-state index in [0.29, 0.717) is 30.6 Å². The van der Waals surface area contributed by atoms with E-state index in [1.807, 2.05) is 13.8 Å². The van der Waals surface area contributed by atoms with E-state index in [0.717, 1.165) is 50.5 Å². The van der Waals surface area contributed by atoms with Gasteiger partial charge >= 0.3 is 0 Å². The molecule has 11 unspecified atom stereocenters. The molecule has 196 valence electrons. The molecule has 0 aromatic rings. The molecule has 34 heavy (non-hydrogen) atoms. The van der Waals surface area contributed by atoms with Crippen molar-refractivity contribution >= 4 is 0 Å². The van der Waals surface area contributed by atoms with Gasteiger partial charge in [0.25, 0.3) is 0 Å². The van der Waals surface area contributed by atoms with E-state index < -0.39 is 23.2 Å². The van der Waals surface area contributed by atoms with Crippen LogP contribution in [0, 0.1) is 45.3 Å². The van der Waals surface area contributed by atoms with Crippen molar-refractivity contribution in [2.75, 3.05) is 6.61 Å². The molecule has 4 N–H and O–H groups in total. The molecule has 4 heteroatoms. The standard InChI is InChI=1S/C30H52O4/c1-19(2)22(32)11-17-30(7,34)21-10-15-28(5)20(21)8-9-24-26(3)14-13-25(33)27(4,18-31)23(26)12-16-29(24,28)6/h20-25,31-34H,1,8-18H2,2-7H3. The minimum atomic E-state index is -0.770. The third-order valence-corrected chi connectivity index (χ3v) is 12.8. The van der Waals surface area contributed by atoms with Gasteiger partial charge in [0.15, 0.2) is 0 Å². The minimum Gasteiger partial charge on any atom is -0.396 e. The quantitative estimate of drug-likeness (QED) is 0.383. The summed E-state index contributed by atoms with van der Waals surface area (Å²) in [5, 5.41) is 43.2. The highest BCUT2D eigenvalue weighted by Gasteiger charge is 2.69. The fourth-order valence-electron chi connectivity index (χ4n) is 10.4. The molecule has 0 saturated heterocycles. The average molecular weight is 477 g/mol. The van der Waals surface area contributed by atoms with Gasteiger partial charge in [-0.1, -0.05) is 39.8 Å². The molecule has 0 aliphatic heterocycles. The van der Waals surface area contributed by atoms with E-state index in [1.54, 1.807) is 0 Å². The molecule has 0 heterocycles. The van der Waals surface area contributed by atoms with Crippen molar-refractivity contribution in [3.8, 4) is 0 Å². The van der Waals surface area contributed by atoms with Gasteiger partial charge in [-0.15, -0.1) is 0 Å². The van der Waals surface area contributed by atoms with Crippen molar-refractivity contribution in [1.82, 2.24) is 0 Å². The van der Waals surface area contributed by atoms with Crippen LogP contribution in [0.15, 0.2) is 12.2 Å². The highest BCUT2D eigenvalue weighted by molar-refractivity contribution is 5.18. The smallest absolute Gasteiger partial charge is 0.0745 e. The first-order valence-corrected chi connectivity index (χ1v) is 14.0. The van der Waals surface area contributed by atoms with E-state index in [-0.39, 0.29) is 28.8 Å². The summed E-state index contributed by atoms with van der Waals surface area (Å²) in [4.78, 5) is 0. The Bertz CT molecular complexity index is 793. The van der Waals surface area contributed by atoms with E-state index in [1.165, 1.54) is 6.42 Å². The maximum absolute atomic E-state index is 11.6. The third-order valence-electron chi connectivity index (χ3n) is 12.8. The number of hydrogen-bond donors (Lipinski definition) is 4. The van der Waals surface area contributed by atoms with Gasteiger partial charge in [-0.05, 0) is 118 Å². The highest BCUT2D eigenvalue weighted by Crippen LogP contribution is 2.75. The normalized spacial score (nSPS) is 51.1. The second kappa shape index (κ2) is 8.57. The Labute approximate surface area is 208 Å². The first-order chi connectivity index (χ1) is 15.7. The van der Waals surface area contributed by atoms with Crippen LogP contribution < -0.4 is 0 Å². The largest absolute Gasteiger partial charge is 0.396 e. The Balaban J connectivity index is 1.60. The number of aliphatic hydroxyl groups is 4. The molecule has 0 bridgehead atoms. The van der Waals surface area contributed by atoms with Crippen LogP contribution in [0.2, 0.25) is 0 Å². The Morgan fingerprint density at radius 2 is 1.62 bits per heavy atom. The summed E-state index contributed by atoms with van der Waals surface area (Å²) in [6, 6.07) is 0. The third kappa shape index (κ3) is 3.60. The predicted octanol–water partition coefficient (Wildman–Crippen LogP) is 5.47. The number of rotatable bonds is 6. The molecule has 4 aliphatic rings. The molecule has 11 atom stereocenters. The molecular weight excluding hydrogens is 424 g/mol. The van der Waals surface area contributed by atoms with E-state index >= 15 is 0 Å². The number of fused-ring (bicyclic) bond motifs is 5. The van der Waals surface area contributed by atoms with Crippen molar-refractivity contribution in [3.63, 3.8) is 0 Å². The SMILES string of the molecule is C=C(C)C(O)CCC(C)(O)C1CCC2(C)C1CCC1C3(C)CCC(O)C(C)(CO)C3CCC12C. The number of hydrogen-bond acceptors (Lipinski definition) is 4. The van der Waals surface area contributed by atoms with Gasteiger partial charge in [0.2, 0.25) is 0 Å². The van der Waals surface area contributed by atoms with Crippen LogP contribution in [-0.2, 0) is 0 Å². The fraction of sp³-hybridized carbons (Fsp3) is 0.933. The lowest BCUT2D eigenvalue weighted by molar-refractivity contribution is -0.234. The number of aliphatic hydroxyl groups excluding tert-OH is 3. The lowest BCUT2D eigenvalue weighted by Gasteiger charge is -2.70. The monoisotopic (exact) mass is 476 g/mol. The van der Waals surface area contributed by atoms with Gasteiger partial charge in [-0.25, -0.2) is 0 Å². The van der Waals surface area contributed by atoms with Crippen LogP contribution in [0.3, 0.4) is 0 Å². The zero-order chi connectivity index (χ0) is 25.3. The Hall–Kier alpha value is -0.420. The van der Waals surface area contributed by atoms with Crippen LogP contribution in [0.25, 0.3) is 0 Å². The molecule has 4 fully saturated rings. The van der Waals surface area contributed by atoms with E-state index in [9.17, 15) is 20.4 Å². The molecule has 0 aromatic carbocycles. The van der Waals surface area contributed by atoms with Crippen molar-refractivity contribution in [3.05, 3.63) is 12.2 Å². The summed E-state index contributed by atoms with van der Waals surface area (Å²) < 4.78 is 0. The van der Waals surface area contributed by atoms with Crippen molar-refractivity contribution in [1.29, 1.82) is 0 Å². The molecule has 0 aromatic heterocycles. The highest BCUT2D eigenvalue weighted by atomic mass is 16.3. The van der Waals surface area contributed by atoms with Gasteiger partial charge in [0.05, 0.1) is 24.4 Å². The van der Waals surface area contributed by atoms with Gasteiger partial charge in [-0.2, -0.15) is 0 Å². The van der Waals surface area contributed by atoms with Crippen LogP contribution in [0.4, 0.5) is 0 Å². The summed E-state index contributed by atoms with van der Waals surface area (Å²) in [6.45, 7) is 17.5. The Morgan fingerprint density at radius 1 is 0.971 bits per heavy atom. The minimum absolute atomic E-state index is 0.0682. The second-order valence-corrected chi connectivity index (χ2v) is 14.3. The van der Waals surface area contributed by atoms with Crippen LogP contribution in [-0.4, -0.2) is 44.8 Å².